The molecule has 4 nitrogen and oxygen atoms in total. The number of carbonyl (C=O) groups excluding carboxylic acids is 2. The first kappa shape index (κ1) is 16.7. The molecule has 0 radical (unpaired) electrons. The average Bonchev–Trinajstić information content (AvgIpc) is 2.55. The second kappa shape index (κ2) is 8.13. The summed E-state index contributed by atoms with van der Waals surface area (Å²) >= 11 is 0. The monoisotopic (exact) mass is 311 g/mol. The van der Waals surface area contributed by atoms with Gasteiger partial charge in [0.05, 0.1) is 0 Å². The third-order valence-corrected chi connectivity index (χ3v) is 3.43. The second-order valence-electron chi connectivity index (χ2n) is 5.42. The standard InChI is InChI=1S/C19H21NO3/c1-15(23-16(2)21)19(22)20(13-17-9-5-3-6-10-17)14-18-11-7-4-8-12-18/h3-12,15H,13-14H2,1-2H3. The maximum absolute atomic E-state index is 12.6. The normalized spacial score (nSPS) is 11.6. The van der Waals surface area contributed by atoms with Crippen molar-refractivity contribution < 1.29 is 14.3 Å². The lowest BCUT2D eigenvalue weighted by molar-refractivity contribution is -0.158. The molecule has 0 heterocycles. The lowest BCUT2D eigenvalue weighted by atomic mass is 10.1. The van der Waals surface area contributed by atoms with Gasteiger partial charge in [0.1, 0.15) is 0 Å². The van der Waals surface area contributed by atoms with Gasteiger partial charge in [-0.05, 0) is 18.1 Å². The summed E-state index contributed by atoms with van der Waals surface area (Å²) in [6.07, 6.45) is -0.792. The van der Waals surface area contributed by atoms with E-state index >= 15 is 0 Å². The number of nitrogens with zero attached hydrogens (tertiary/aromatic N) is 1. The smallest absolute Gasteiger partial charge is 0.303 e. The van der Waals surface area contributed by atoms with Gasteiger partial charge in [-0.2, -0.15) is 0 Å². The van der Waals surface area contributed by atoms with E-state index in [1.807, 2.05) is 60.7 Å². The molecule has 0 aromatic heterocycles. The number of esters is 1. The van der Waals surface area contributed by atoms with Gasteiger partial charge in [-0.15, -0.1) is 0 Å². The van der Waals surface area contributed by atoms with Crippen LogP contribution in [-0.4, -0.2) is 22.9 Å². The van der Waals surface area contributed by atoms with Crippen molar-refractivity contribution in [1.29, 1.82) is 0 Å². The number of hydrogen-bond donors (Lipinski definition) is 0. The van der Waals surface area contributed by atoms with Gasteiger partial charge in [0.25, 0.3) is 5.91 Å². The fourth-order valence-electron chi connectivity index (χ4n) is 2.38. The van der Waals surface area contributed by atoms with Gasteiger partial charge in [0.2, 0.25) is 0 Å². The highest BCUT2D eigenvalue weighted by Crippen LogP contribution is 2.12. The van der Waals surface area contributed by atoms with Crippen LogP contribution in [0, 0.1) is 0 Å². The Hall–Kier alpha value is -2.62. The SMILES string of the molecule is CC(=O)OC(C)C(=O)N(Cc1ccccc1)Cc1ccccc1. The Morgan fingerprint density at radius 3 is 1.74 bits per heavy atom. The molecule has 0 N–H and O–H groups in total. The van der Waals surface area contributed by atoms with Crippen molar-refractivity contribution in [3.05, 3.63) is 71.8 Å². The lowest BCUT2D eigenvalue weighted by Crippen LogP contribution is -2.39. The first-order valence-electron chi connectivity index (χ1n) is 7.60. The van der Waals surface area contributed by atoms with Gasteiger partial charge in [0.15, 0.2) is 6.10 Å². The minimum atomic E-state index is -0.792. The highest BCUT2D eigenvalue weighted by molar-refractivity contribution is 5.83. The molecule has 23 heavy (non-hydrogen) atoms. The third kappa shape index (κ3) is 5.25. The Kier molecular flexibility index (Phi) is 5.92. The fraction of sp³-hybridized carbons (Fsp3) is 0.263. The van der Waals surface area contributed by atoms with E-state index in [1.54, 1.807) is 11.8 Å². The summed E-state index contributed by atoms with van der Waals surface area (Å²) < 4.78 is 5.04. The maximum Gasteiger partial charge on any atom is 0.303 e. The zero-order valence-corrected chi connectivity index (χ0v) is 13.4. The maximum atomic E-state index is 12.6. The molecule has 0 fully saturated rings. The van der Waals surface area contributed by atoms with Crippen LogP contribution in [0.1, 0.15) is 25.0 Å². The summed E-state index contributed by atoms with van der Waals surface area (Å²) in [6.45, 7) is 3.86. The van der Waals surface area contributed by atoms with Crippen molar-refractivity contribution in [3.63, 3.8) is 0 Å². The Morgan fingerprint density at radius 1 is 0.913 bits per heavy atom. The largest absolute Gasteiger partial charge is 0.453 e. The van der Waals surface area contributed by atoms with Crippen molar-refractivity contribution in [2.24, 2.45) is 0 Å². The molecule has 0 spiro atoms. The van der Waals surface area contributed by atoms with Crippen molar-refractivity contribution >= 4 is 11.9 Å². The number of carbonyl (C=O) groups is 2. The van der Waals surface area contributed by atoms with Crippen LogP contribution in [0.2, 0.25) is 0 Å². The Bertz CT molecular complexity index is 599. The number of benzene rings is 2. The summed E-state index contributed by atoms with van der Waals surface area (Å²) in [7, 11) is 0. The minimum Gasteiger partial charge on any atom is -0.453 e. The number of amides is 1. The van der Waals surface area contributed by atoms with Crippen molar-refractivity contribution in [3.8, 4) is 0 Å². The zero-order chi connectivity index (χ0) is 16.7. The van der Waals surface area contributed by atoms with Crippen molar-refractivity contribution in [1.82, 2.24) is 4.90 Å². The molecule has 2 aromatic carbocycles. The van der Waals surface area contributed by atoms with Crippen molar-refractivity contribution in [2.75, 3.05) is 0 Å². The number of ether oxygens (including phenoxy) is 1. The Morgan fingerprint density at radius 2 is 1.35 bits per heavy atom. The van der Waals surface area contributed by atoms with E-state index in [4.69, 9.17) is 4.74 Å². The molecular weight excluding hydrogens is 290 g/mol. The van der Waals surface area contributed by atoms with E-state index in [1.165, 1.54) is 6.92 Å². The van der Waals surface area contributed by atoms with E-state index in [0.717, 1.165) is 11.1 Å². The van der Waals surface area contributed by atoms with Gasteiger partial charge in [-0.3, -0.25) is 9.59 Å². The molecule has 1 amide bonds. The van der Waals surface area contributed by atoms with Crippen LogP contribution in [0.5, 0.6) is 0 Å². The topological polar surface area (TPSA) is 46.6 Å². The third-order valence-electron chi connectivity index (χ3n) is 3.43. The molecule has 1 atom stereocenters. The first-order chi connectivity index (χ1) is 11.1. The molecule has 4 heteroatoms. The predicted molar refractivity (Wildman–Crippen MR) is 88.4 cm³/mol. The summed E-state index contributed by atoms with van der Waals surface area (Å²) in [5.41, 5.74) is 2.07. The van der Waals surface area contributed by atoms with E-state index in [2.05, 4.69) is 0 Å². The molecule has 2 rings (SSSR count). The lowest BCUT2D eigenvalue weighted by Gasteiger charge is -2.26. The van der Waals surface area contributed by atoms with Crippen LogP contribution in [0.4, 0.5) is 0 Å². The van der Waals surface area contributed by atoms with E-state index in [0.29, 0.717) is 13.1 Å². The molecular formula is C19H21NO3. The van der Waals surface area contributed by atoms with Crippen LogP contribution in [0.25, 0.3) is 0 Å². The number of hydrogen-bond acceptors (Lipinski definition) is 3. The van der Waals surface area contributed by atoms with Crippen molar-refractivity contribution in [2.45, 2.75) is 33.0 Å². The molecule has 1 unspecified atom stereocenters. The highest BCUT2D eigenvalue weighted by Gasteiger charge is 2.23. The second-order valence-corrected chi connectivity index (χ2v) is 5.42. The van der Waals surface area contributed by atoms with E-state index < -0.39 is 12.1 Å². The van der Waals surface area contributed by atoms with Crippen LogP contribution in [0.15, 0.2) is 60.7 Å². The van der Waals surface area contributed by atoms with Gasteiger partial charge >= 0.3 is 5.97 Å². The van der Waals surface area contributed by atoms with E-state index in [-0.39, 0.29) is 5.91 Å². The molecule has 120 valence electrons. The Balaban J connectivity index is 2.16. The minimum absolute atomic E-state index is 0.201. The summed E-state index contributed by atoms with van der Waals surface area (Å²) in [6, 6.07) is 19.5. The van der Waals surface area contributed by atoms with Crippen LogP contribution < -0.4 is 0 Å². The molecule has 0 aliphatic rings. The number of rotatable bonds is 6. The highest BCUT2D eigenvalue weighted by atomic mass is 16.5. The van der Waals surface area contributed by atoms with Crippen LogP contribution in [0.3, 0.4) is 0 Å². The average molecular weight is 311 g/mol. The zero-order valence-electron chi connectivity index (χ0n) is 13.4. The van der Waals surface area contributed by atoms with Gasteiger partial charge in [0, 0.05) is 20.0 Å². The van der Waals surface area contributed by atoms with Gasteiger partial charge in [-0.25, -0.2) is 0 Å². The molecule has 0 aliphatic carbocycles. The van der Waals surface area contributed by atoms with Gasteiger partial charge < -0.3 is 9.64 Å². The molecule has 0 saturated heterocycles. The van der Waals surface area contributed by atoms with Gasteiger partial charge in [-0.1, -0.05) is 60.7 Å². The quantitative estimate of drug-likeness (QED) is 0.770. The predicted octanol–water partition coefficient (Wildman–Crippen LogP) is 3.17. The summed E-state index contributed by atoms with van der Waals surface area (Å²) in [4.78, 5) is 25.4. The van der Waals surface area contributed by atoms with E-state index in [9.17, 15) is 9.59 Å². The fourth-order valence-corrected chi connectivity index (χ4v) is 2.38. The summed E-state index contributed by atoms with van der Waals surface area (Å²) in [5.74, 6) is -0.655. The molecule has 0 aliphatic heterocycles. The first-order valence-corrected chi connectivity index (χ1v) is 7.60. The van der Waals surface area contributed by atoms with Crippen LogP contribution in [-0.2, 0) is 27.4 Å². The van der Waals surface area contributed by atoms with Crippen LogP contribution >= 0.6 is 0 Å². The molecule has 0 saturated carbocycles. The molecule has 0 bridgehead atoms. The molecule has 2 aromatic rings. The summed E-state index contributed by atoms with van der Waals surface area (Å²) in [5, 5.41) is 0. The Labute approximate surface area is 136 Å².